The zero-order valence-electron chi connectivity index (χ0n) is 11.7. The van der Waals surface area contributed by atoms with E-state index in [0.717, 1.165) is 0 Å². The minimum atomic E-state index is -0.873. The third kappa shape index (κ3) is 3.01. The Labute approximate surface area is 133 Å². The van der Waals surface area contributed by atoms with Crippen molar-refractivity contribution in [1.82, 2.24) is 4.90 Å². The number of likely N-dealkylation sites (tertiary alicyclic amines) is 1. The molecule has 21 heavy (non-hydrogen) atoms. The smallest absolute Gasteiger partial charge is 0.311 e. The normalized spacial score (nSPS) is 22.1. The minimum absolute atomic E-state index is 0.194. The number of amides is 1. The highest BCUT2D eigenvalue weighted by Gasteiger charge is 2.42. The molecule has 1 saturated heterocycles. The molecule has 1 amide bonds. The van der Waals surface area contributed by atoms with E-state index in [1.165, 1.54) is 0 Å². The number of carboxylic acid groups (broad SMARTS) is 1. The van der Waals surface area contributed by atoms with Crippen molar-refractivity contribution in [2.24, 2.45) is 5.41 Å². The van der Waals surface area contributed by atoms with Crippen LogP contribution in [0.2, 0.25) is 10.0 Å². The minimum Gasteiger partial charge on any atom is -0.481 e. The van der Waals surface area contributed by atoms with Crippen LogP contribution in [-0.4, -0.2) is 35.0 Å². The molecule has 1 fully saturated rings. The molecule has 2 rings (SSSR count). The molecule has 1 aliphatic rings. The highest BCUT2D eigenvalue weighted by Crippen LogP contribution is 2.35. The summed E-state index contributed by atoms with van der Waals surface area (Å²) in [7, 11) is 0. The molecular formula is C15H17Cl2NO3. The van der Waals surface area contributed by atoms with E-state index in [2.05, 4.69) is 0 Å². The van der Waals surface area contributed by atoms with Gasteiger partial charge in [-0.15, -0.1) is 0 Å². The molecule has 1 heterocycles. The molecule has 1 unspecified atom stereocenters. The summed E-state index contributed by atoms with van der Waals surface area (Å²) in [6.07, 6.45) is 1.73. The monoisotopic (exact) mass is 329 g/mol. The molecule has 1 atom stereocenters. The van der Waals surface area contributed by atoms with Crippen LogP contribution in [0.15, 0.2) is 18.2 Å². The van der Waals surface area contributed by atoms with E-state index >= 15 is 0 Å². The number of rotatable bonds is 3. The number of hydrogen-bond acceptors (Lipinski definition) is 2. The molecule has 0 saturated carbocycles. The van der Waals surface area contributed by atoms with Crippen LogP contribution in [0.4, 0.5) is 0 Å². The van der Waals surface area contributed by atoms with E-state index in [1.54, 1.807) is 23.1 Å². The Morgan fingerprint density at radius 3 is 2.48 bits per heavy atom. The number of piperidine rings is 1. The van der Waals surface area contributed by atoms with Crippen molar-refractivity contribution in [3.05, 3.63) is 33.8 Å². The number of halogens is 2. The predicted octanol–water partition coefficient (Wildman–Crippen LogP) is 3.71. The Balaban J connectivity index is 2.30. The summed E-state index contributed by atoms with van der Waals surface area (Å²) < 4.78 is 0. The van der Waals surface area contributed by atoms with Crippen molar-refractivity contribution in [3.63, 3.8) is 0 Å². The zero-order chi connectivity index (χ0) is 15.6. The van der Waals surface area contributed by atoms with Crippen LogP contribution in [0.5, 0.6) is 0 Å². The van der Waals surface area contributed by atoms with Crippen LogP contribution < -0.4 is 0 Å². The SMILES string of the molecule is CCC1(C(=O)O)CCCN(C(=O)c2c(Cl)cccc2Cl)C1. The van der Waals surface area contributed by atoms with Crippen molar-refractivity contribution in [2.45, 2.75) is 26.2 Å². The van der Waals surface area contributed by atoms with Crippen LogP contribution in [0.1, 0.15) is 36.5 Å². The summed E-state index contributed by atoms with van der Waals surface area (Å²) in [6.45, 7) is 2.55. The van der Waals surface area contributed by atoms with Crippen molar-refractivity contribution >= 4 is 35.1 Å². The van der Waals surface area contributed by atoms with E-state index in [1.807, 2.05) is 6.92 Å². The first-order chi connectivity index (χ1) is 9.91. The molecule has 0 bridgehead atoms. The average Bonchev–Trinajstić information content (AvgIpc) is 2.46. The van der Waals surface area contributed by atoms with Gasteiger partial charge in [-0.05, 0) is 31.4 Å². The number of carbonyl (C=O) groups is 2. The fourth-order valence-electron chi connectivity index (χ4n) is 2.78. The quantitative estimate of drug-likeness (QED) is 0.919. The van der Waals surface area contributed by atoms with Gasteiger partial charge >= 0.3 is 5.97 Å². The molecule has 1 aromatic carbocycles. The Morgan fingerprint density at radius 2 is 1.95 bits per heavy atom. The molecule has 114 valence electrons. The van der Waals surface area contributed by atoms with Crippen molar-refractivity contribution in [3.8, 4) is 0 Å². The molecule has 0 radical (unpaired) electrons. The maximum absolute atomic E-state index is 12.6. The summed E-state index contributed by atoms with van der Waals surface area (Å²) in [5, 5.41) is 10.1. The van der Waals surface area contributed by atoms with E-state index < -0.39 is 11.4 Å². The summed E-state index contributed by atoms with van der Waals surface area (Å²) >= 11 is 12.1. The van der Waals surface area contributed by atoms with Gasteiger partial charge in [0.1, 0.15) is 0 Å². The third-order valence-electron chi connectivity index (χ3n) is 4.17. The number of benzene rings is 1. The second kappa shape index (κ2) is 6.24. The fraction of sp³-hybridized carbons (Fsp3) is 0.467. The second-order valence-electron chi connectivity index (χ2n) is 5.37. The first kappa shape index (κ1) is 16.1. The van der Waals surface area contributed by atoms with E-state index in [0.29, 0.717) is 25.8 Å². The molecule has 6 heteroatoms. The second-order valence-corrected chi connectivity index (χ2v) is 6.18. The van der Waals surface area contributed by atoms with Gasteiger partial charge in [-0.25, -0.2) is 0 Å². The lowest BCUT2D eigenvalue weighted by molar-refractivity contribution is -0.152. The molecule has 0 aliphatic carbocycles. The first-order valence-corrected chi connectivity index (χ1v) is 7.63. The number of nitrogens with zero attached hydrogens (tertiary/aromatic N) is 1. The van der Waals surface area contributed by atoms with Crippen molar-refractivity contribution in [1.29, 1.82) is 0 Å². The highest BCUT2D eigenvalue weighted by molar-refractivity contribution is 6.39. The zero-order valence-corrected chi connectivity index (χ0v) is 13.2. The topological polar surface area (TPSA) is 57.6 Å². The van der Waals surface area contributed by atoms with E-state index in [4.69, 9.17) is 23.2 Å². The largest absolute Gasteiger partial charge is 0.481 e. The number of carbonyl (C=O) groups excluding carboxylic acids is 1. The van der Waals surface area contributed by atoms with E-state index in [-0.39, 0.29) is 28.1 Å². The summed E-state index contributed by atoms with van der Waals surface area (Å²) in [6, 6.07) is 4.88. The van der Waals surface area contributed by atoms with Gasteiger partial charge in [0, 0.05) is 13.1 Å². The van der Waals surface area contributed by atoms with Crippen LogP contribution in [0, 0.1) is 5.41 Å². The average molecular weight is 330 g/mol. The first-order valence-electron chi connectivity index (χ1n) is 6.88. The van der Waals surface area contributed by atoms with Gasteiger partial charge in [0.15, 0.2) is 0 Å². The molecule has 0 spiro atoms. The van der Waals surface area contributed by atoms with Gasteiger partial charge < -0.3 is 10.0 Å². The fourth-order valence-corrected chi connectivity index (χ4v) is 3.34. The molecule has 4 nitrogen and oxygen atoms in total. The molecule has 1 aliphatic heterocycles. The van der Waals surface area contributed by atoms with Gasteiger partial charge in [0.2, 0.25) is 0 Å². The molecule has 0 aromatic heterocycles. The van der Waals surface area contributed by atoms with Crippen LogP contribution in [-0.2, 0) is 4.79 Å². The lowest BCUT2D eigenvalue weighted by Gasteiger charge is -2.39. The summed E-state index contributed by atoms with van der Waals surface area (Å²) in [5.74, 6) is -1.16. The Kier molecular flexibility index (Phi) is 4.79. The maximum Gasteiger partial charge on any atom is 0.311 e. The third-order valence-corrected chi connectivity index (χ3v) is 4.80. The maximum atomic E-state index is 12.6. The highest BCUT2D eigenvalue weighted by atomic mass is 35.5. The van der Waals surface area contributed by atoms with E-state index in [9.17, 15) is 14.7 Å². The lowest BCUT2D eigenvalue weighted by atomic mass is 9.77. The van der Waals surface area contributed by atoms with Gasteiger partial charge in [-0.3, -0.25) is 9.59 Å². The van der Waals surface area contributed by atoms with Gasteiger partial charge in [-0.2, -0.15) is 0 Å². The predicted molar refractivity (Wildman–Crippen MR) is 82.0 cm³/mol. The van der Waals surface area contributed by atoms with Crippen LogP contribution >= 0.6 is 23.2 Å². The number of hydrogen-bond donors (Lipinski definition) is 1. The Morgan fingerprint density at radius 1 is 1.33 bits per heavy atom. The van der Waals surface area contributed by atoms with Gasteiger partial charge in [0.05, 0.1) is 21.0 Å². The summed E-state index contributed by atoms with van der Waals surface area (Å²) in [5.41, 5.74) is -0.625. The molecule has 1 aromatic rings. The van der Waals surface area contributed by atoms with Gasteiger partial charge in [-0.1, -0.05) is 36.2 Å². The standard InChI is InChI=1S/C15H17Cl2NO3/c1-2-15(14(20)21)7-4-8-18(9-15)13(19)12-10(16)5-3-6-11(12)17/h3,5-6H,2,4,7-9H2,1H3,(H,20,21). The Bertz CT molecular complexity index is 556. The Hall–Kier alpha value is -1.26. The lowest BCUT2D eigenvalue weighted by Crippen LogP contribution is -2.49. The summed E-state index contributed by atoms with van der Waals surface area (Å²) in [4.78, 5) is 25.7. The molecular weight excluding hydrogens is 313 g/mol. The van der Waals surface area contributed by atoms with Crippen LogP contribution in [0.25, 0.3) is 0 Å². The van der Waals surface area contributed by atoms with Gasteiger partial charge in [0.25, 0.3) is 5.91 Å². The number of carboxylic acids is 1. The van der Waals surface area contributed by atoms with Crippen molar-refractivity contribution in [2.75, 3.05) is 13.1 Å². The van der Waals surface area contributed by atoms with Crippen molar-refractivity contribution < 1.29 is 14.7 Å². The van der Waals surface area contributed by atoms with Crippen LogP contribution in [0.3, 0.4) is 0 Å². The molecule has 1 N–H and O–H groups in total. The number of aliphatic carboxylic acids is 1.